The van der Waals surface area contributed by atoms with Crippen LogP contribution >= 0.6 is 11.8 Å². The maximum atomic E-state index is 13.4. The molecule has 0 fully saturated rings. The topological polar surface area (TPSA) is 61.2 Å². The fourth-order valence-electron chi connectivity index (χ4n) is 3.10. The van der Waals surface area contributed by atoms with Crippen LogP contribution in [-0.4, -0.2) is 27.9 Å². The summed E-state index contributed by atoms with van der Waals surface area (Å²) in [5.41, 5.74) is 2.34. The fraction of sp³-hybridized carbons (Fsp3) is 0.348. The van der Waals surface area contributed by atoms with Crippen LogP contribution < -0.4 is 5.56 Å². The van der Waals surface area contributed by atoms with Crippen LogP contribution in [0.5, 0.6) is 0 Å². The van der Waals surface area contributed by atoms with Crippen LogP contribution in [-0.2, 0) is 9.53 Å². The van der Waals surface area contributed by atoms with Crippen molar-refractivity contribution >= 4 is 28.6 Å². The van der Waals surface area contributed by atoms with Gasteiger partial charge < -0.3 is 4.74 Å². The molecule has 0 unspecified atom stereocenters. The highest BCUT2D eigenvalue weighted by molar-refractivity contribution is 7.99. The molecule has 3 rings (SSSR count). The first kappa shape index (κ1) is 21.1. The van der Waals surface area contributed by atoms with Gasteiger partial charge in [0.05, 0.1) is 29.0 Å². The van der Waals surface area contributed by atoms with Gasteiger partial charge >= 0.3 is 5.97 Å². The largest absolute Gasteiger partial charge is 0.465 e. The quantitative estimate of drug-likeness (QED) is 0.228. The summed E-state index contributed by atoms with van der Waals surface area (Å²) in [5.74, 6) is 0.0502. The number of nitrogens with zero attached hydrogens (tertiary/aromatic N) is 2. The molecule has 1 aromatic heterocycles. The number of hydrogen-bond acceptors (Lipinski definition) is 5. The minimum absolute atomic E-state index is 0.109. The number of rotatable bonds is 8. The van der Waals surface area contributed by atoms with Gasteiger partial charge in [-0.05, 0) is 36.1 Å². The molecular weight excluding hydrogens is 384 g/mol. The molecule has 29 heavy (non-hydrogen) atoms. The van der Waals surface area contributed by atoms with Crippen molar-refractivity contribution in [2.75, 3.05) is 12.4 Å². The van der Waals surface area contributed by atoms with E-state index < -0.39 is 0 Å². The normalized spacial score (nSPS) is 11.2. The maximum absolute atomic E-state index is 13.4. The molecule has 0 aliphatic rings. The number of esters is 1. The van der Waals surface area contributed by atoms with E-state index in [0.717, 1.165) is 24.1 Å². The highest BCUT2D eigenvalue weighted by Crippen LogP contribution is 2.27. The zero-order chi connectivity index (χ0) is 20.8. The third-order valence-electron chi connectivity index (χ3n) is 4.62. The number of benzene rings is 2. The zero-order valence-corrected chi connectivity index (χ0v) is 17.9. The average molecular weight is 411 g/mol. The summed E-state index contributed by atoms with van der Waals surface area (Å²) in [6.45, 7) is 6.66. The molecule has 0 amide bonds. The van der Waals surface area contributed by atoms with Crippen LogP contribution in [0.1, 0.15) is 45.1 Å². The number of aromatic nitrogens is 2. The molecule has 0 saturated carbocycles. The number of carbonyl (C=O) groups is 1. The van der Waals surface area contributed by atoms with Crippen LogP contribution in [0.15, 0.2) is 58.5 Å². The molecule has 1 heterocycles. The lowest BCUT2D eigenvalue weighted by atomic mass is 10.0. The molecule has 0 aliphatic heterocycles. The summed E-state index contributed by atoms with van der Waals surface area (Å²) in [6, 6.07) is 15.1. The Bertz CT molecular complexity index is 1060. The lowest BCUT2D eigenvalue weighted by Crippen LogP contribution is -2.23. The molecular formula is C23H26N2O3S. The second kappa shape index (κ2) is 9.74. The molecule has 2 aromatic carbocycles. The summed E-state index contributed by atoms with van der Waals surface area (Å²) < 4.78 is 6.88. The summed E-state index contributed by atoms with van der Waals surface area (Å²) in [7, 11) is 0. The van der Waals surface area contributed by atoms with Gasteiger partial charge in [0.1, 0.15) is 0 Å². The van der Waals surface area contributed by atoms with Crippen molar-refractivity contribution in [1.29, 1.82) is 0 Å². The van der Waals surface area contributed by atoms with Gasteiger partial charge in [-0.1, -0.05) is 69.3 Å². The first-order valence-electron chi connectivity index (χ1n) is 9.92. The molecule has 0 bridgehead atoms. The molecule has 0 N–H and O–H groups in total. The minimum Gasteiger partial charge on any atom is -0.465 e. The monoisotopic (exact) mass is 410 g/mol. The number of thioether (sulfide) groups is 1. The van der Waals surface area contributed by atoms with Crippen LogP contribution in [0.4, 0.5) is 0 Å². The number of unbranched alkanes of at least 4 members (excludes halogenated alkanes) is 1. The van der Waals surface area contributed by atoms with E-state index >= 15 is 0 Å². The van der Waals surface area contributed by atoms with Crippen molar-refractivity contribution in [3.8, 4) is 5.69 Å². The third kappa shape index (κ3) is 4.88. The van der Waals surface area contributed by atoms with E-state index in [1.54, 1.807) is 10.6 Å². The first-order chi connectivity index (χ1) is 14.0. The van der Waals surface area contributed by atoms with Crippen LogP contribution in [0.25, 0.3) is 16.6 Å². The predicted molar refractivity (Wildman–Crippen MR) is 118 cm³/mol. The van der Waals surface area contributed by atoms with Crippen LogP contribution in [0.3, 0.4) is 0 Å². The van der Waals surface area contributed by atoms with Gasteiger partial charge in [-0.25, -0.2) is 4.98 Å². The Labute approximate surface area is 175 Å². The van der Waals surface area contributed by atoms with Crippen molar-refractivity contribution in [2.24, 2.45) is 0 Å². The van der Waals surface area contributed by atoms with E-state index in [-0.39, 0.29) is 23.2 Å². The number of fused-ring (bicyclic) bond motifs is 1. The van der Waals surface area contributed by atoms with E-state index in [4.69, 9.17) is 9.72 Å². The van der Waals surface area contributed by atoms with Gasteiger partial charge in [0.15, 0.2) is 5.16 Å². The smallest absolute Gasteiger partial charge is 0.316 e. The van der Waals surface area contributed by atoms with Crippen molar-refractivity contribution in [1.82, 2.24) is 9.55 Å². The highest BCUT2D eigenvalue weighted by Gasteiger charge is 2.18. The molecule has 0 atom stereocenters. The summed E-state index contributed by atoms with van der Waals surface area (Å²) in [4.78, 5) is 30.2. The molecule has 0 saturated heterocycles. The van der Waals surface area contributed by atoms with Crippen molar-refractivity contribution in [2.45, 2.75) is 44.7 Å². The Morgan fingerprint density at radius 1 is 1.14 bits per heavy atom. The Morgan fingerprint density at radius 2 is 1.86 bits per heavy atom. The Balaban J connectivity index is 2.06. The third-order valence-corrected chi connectivity index (χ3v) is 5.54. The van der Waals surface area contributed by atoms with Gasteiger partial charge in [0.25, 0.3) is 5.56 Å². The standard InChI is InChI=1S/C23H26N2O3S/c1-4-5-14-28-21(26)15-29-23-24-19-12-8-6-11-18(19)22(27)25(23)20-13-9-7-10-17(20)16(2)3/h6-13,16H,4-5,14-15H2,1-3H3. The van der Waals surface area contributed by atoms with E-state index in [9.17, 15) is 9.59 Å². The van der Waals surface area contributed by atoms with Crippen molar-refractivity contribution in [3.05, 3.63) is 64.4 Å². The fourth-order valence-corrected chi connectivity index (χ4v) is 3.90. The lowest BCUT2D eigenvalue weighted by molar-refractivity contribution is -0.140. The molecule has 6 heteroatoms. The van der Waals surface area contributed by atoms with Gasteiger partial charge in [-0.15, -0.1) is 0 Å². The number of ether oxygens (including phenoxy) is 1. The average Bonchev–Trinajstić information content (AvgIpc) is 2.72. The summed E-state index contributed by atoms with van der Waals surface area (Å²) in [5, 5.41) is 1.05. The second-order valence-corrected chi connectivity index (χ2v) is 8.07. The second-order valence-electron chi connectivity index (χ2n) is 7.13. The van der Waals surface area contributed by atoms with E-state index in [1.165, 1.54) is 11.8 Å². The molecule has 0 spiro atoms. The van der Waals surface area contributed by atoms with Crippen molar-refractivity contribution in [3.63, 3.8) is 0 Å². The van der Waals surface area contributed by atoms with Gasteiger partial charge in [0, 0.05) is 0 Å². The van der Waals surface area contributed by atoms with E-state index in [2.05, 4.69) is 13.8 Å². The lowest BCUT2D eigenvalue weighted by Gasteiger charge is -2.18. The molecule has 0 aliphatic carbocycles. The molecule has 5 nitrogen and oxygen atoms in total. The number of carbonyl (C=O) groups excluding carboxylic acids is 1. The Hall–Kier alpha value is -2.60. The van der Waals surface area contributed by atoms with Gasteiger partial charge in [-0.3, -0.25) is 14.2 Å². The Morgan fingerprint density at radius 3 is 2.62 bits per heavy atom. The highest BCUT2D eigenvalue weighted by atomic mass is 32.2. The van der Waals surface area contributed by atoms with Crippen LogP contribution in [0, 0.1) is 0 Å². The van der Waals surface area contributed by atoms with Gasteiger partial charge in [0.2, 0.25) is 0 Å². The summed E-state index contributed by atoms with van der Waals surface area (Å²) >= 11 is 1.23. The van der Waals surface area contributed by atoms with E-state index in [0.29, 0.717) is 22.7 Å². The SMILES string of the molecule is CCCCOC(=O)CSc1nc2ccccc2c(=O)n1-c1ccccc1C(C)C. The first-order valence-corrected chi connectivity index (χ1v) is 10.9. The van der Waals surface area contributed by atoms with Crippen molar-refractivity contribution < 1.29 is 9.53 Å². The Kier molecular flexibility index (Phi) is 7.09. The summed E-state index contributed by atoms with van der Waals surface area (Å²) in [6.07, 6.45) is 1.81. The zero-order valence-electron chi connectivity index (χ0n) is 17.1. The maximum Gasteiger partial charge on any atom is 0.316 e. The van der Waals surface area contributed by atoms with Crippen LogP contribution in [0.2, 0.25) is 0 Å². The number of hydrogen-bond donors (Lipinski definition) is 0. The molecule has 3 aromatic rings. The van der Waals surface area contributed by atoms with Gasteiger partial charge in [-0.2, -0.15) is 0 Å². The predicted octanol–water partition coefficient (Wildman–Crippen LogP) is 4.94. The number of para-hydroxylation sites is 2. The minimum atomic E-state index is -0.297. The molecule has 0 radical (unpaired) electrons. The van der Waals surface area contributed by atoms with E-state index in [1.807, 2.05) is 49.4 Å². The molecule has 152 valence electrons.